The summed E-state index contributed by atoms with van der Waals surface area (Å²) in [7, 11) is 0. The number of Topliss-reactive ketones (excluding diaryl/α,β-unsaturated/α-hetero) is 1. The summed E-state index contributed by atoms with van der Waals surface area (Å²) in [5.41, 5.74) is 0.311. The van der Waals surface area contributed by atoms with E-state index in [1.807, 2.05) is 0 Å². The molecular formula is C19H22FNO4. The van der Waals surface area contributed by atoms with Gasteiger partial charge in [0.2, 0.25) is 0 Å². The summed E-state index contributed by atoms with van der Waals surface area (Å²) in [5.74, 6) is -1.51. The maximum absolute atomic E-state index is 13.2. The first kappa shape index (κ1) is 17.6. The van der Waals surface area contributed by atoms with Gasteiger partial charge in [-0.3, -0.25) is 14.4 Å². The number of benzene rings is 1. The molecule has 1 aromatic carbocycles. The van der Waals surface area contributed by atoms with Gasteiger partial charge in [0.1, 0.15) is 11.6 Å². The number of hydrogen-bond acceptors (Lipinski definition) is 4. The number of carbonyl (C=O) groups is 3. The second kappa shape index (κ2) is 7.33. The minimum absolute atomic E-state index is 0.0403. The molecule has 1 aromatic rings. The van der Waals surface area contributed by atoms with E-state index in [9.17, 15) is 18.8 Å². The molecule has 0 saturated heterocycles. The first-order valence-electron chi connectivity index (χ1n) is 8.74. The van der Waals surface area contributed by atoms with Crippen molar-refractivity contribution in [2.75, 3.05) is 5.32 Å². The summed E-state index contributed by atoms with van der Waals surface area (Å²) in [6.07, 6.45) is 2.78. The molecule has 0 radical (unpaired) electrons. The summed E-state index contributed by atoms with van der Waals surface area (Å²) < 4.78 is 18.5. The zero-order valence-electron chi connectivity index (χ0n) is 14.2. The van der Waals surface area contributed by atoms with E-state index in [2.05, 4.69) is 5.32 Å². The Balaban J connectivity index is 1.55. The highest BCUT2D eigenvalue weighted by Gasteiger charge is 2.42. The van der Waals surface area contributed by atoms with E-state index >= 15 is 0 Å². The molecule has 0 spiro atoms. The van der Waals surface area contributed by atoms with E-state index in [1.165, 1.54) is 25.1 Å². The topological polar surface area (TPSA) is 72.5 Å². The predicted molar refractivity (Wildman–Crippen MR) is 89.1 cm³/mol. The molecule has 134 valence electrons. The zero-order chi connectivity index (χ0) is 18.0. The van der Waals surface area contributed by atoms with E-state index in [-0.39, 0.29) is 23.5 Å². The molecule has 2 bridgehead atoms. The van der Waals surface area contributed by atoms with Crippen molar-refractivity contribution in [2.24, 2.45) is 17.8 Å². The van der Waals surface area contributed by atoms with Crippen molar-refractivity contribution in [1.82, 2.24) is 0 Å². The molecular weight excluding hydrogens is 325 g/mol. The second-order valence-corrected chi connectivity index (χ2v) is 6.97. The van der Waals surface area contributed by atoms with Crippen molar-refractivity contribution >= 4 is 23.3 Å². The average Bonchev–Trinajstić information content (AvgIpc) is 2.54. The molecule has 1 unspecified atom stereocenters. The number of fused-ring (bicyclic) bond motifs is 2. The minimum Gasteiger partial charge on any atom is -0.452 e. The summed E-state index contributed by atoms with van der Waals surface area (Å²) in [6, 6.07) is 5.52. The summed E-state index contributed by atoms with van der Waals surface area (Å²) >= 11 is 0. The molecule has 2 fully saturated rings. The highest BCUT2D eigenvalue weighted by Crippen LogP contribution is 2.40. The van der Waals surface area contributed by atoms with Crippen molar-refractivity contribution in [3.05, 3.63) is 30.1 Å². The van der Waals surface area contributed by atoms with Crippen LogP contribution in [-0.4, -0.2) is 23.8 Å². The van der Waals surface area contributed by atoms with Gasteiger partial charge in [0, 0.05) is 17.5 Å². The van der Waals surface area contributed by atoms with E-state index in [0.29, 0.717) is 18.5 Å². The lowest BCUT2D eigenvalue weighted by atomic mass is 9.67. The van der Waals surface area contributed by atoms with Gasteiger partial charge >= 0.3 is 5.97 Å². The number of nitrogens with one attached hydrogen (secondary N) is 1. The van der Waals surface area contributed by atoms with E-state index in [1.54, 1.807) is 6.07 Å². The lowest BCUT2D eigenvalue weighted by Crippen LogP contribution is -2.41. The molecule has 2 aliphatic carbocycles. The SMILES string of the molecule is C[C@H](OC(=O)C1C[C@H]2CCC[C@@H](C1)C2=O)C(=O)Nc1cccc(F)c1. The van der Waals surface area contributed by atoms with E-state index in [4.69, 9.17) is 4.74 Å². The number of rotatable bonds is 4. The van der Waals surface area contributed by atoms with Crippen LogP contribution in [0, 0.1) is 23.6 Å². The van der Waals surface area contributed by atoms with Crippen LogP contribution in [-0.2, 0) is 19.1 Å². The average molecular weight is 347 g/mol. The highest BCUT2D eigenvalue weighted by atomic mass is 19.1. The molecule has 6 heteroatoms. The molecule has 3 rings (SSSR count). The van der Waals surface area contributed by atoms with Gasteiger partial charge < -0.3 is 10.1 Å². The third kappa shape index (κ3) is 4.06. The Morgan fingerprint density at radius 3 is 2.56 bits per heavy atom. The van der Waals surface area contributed by atoms with E-state index < -0.39 is 23.8 Å². The Labute approximate surface area is 145 Å². The van der Waals surface area contributed by atoms with Crippen molar-refractivity contribution in [3.8, 4) is 0 Å². The van der Waals surface area contributed by atoms with Gasteiger partial charge in [-0.2, -0.15) is 0 Å². The monoisotopic (exact) mass is 347 g/mol. The Morgan fingerprint density at radius 2 is 1.92 bits per heavy atom. The second-order valence-electron chi connectivity index (χ2n) is 6.97. The van der Waals surface area contributed by atoms with Crippen LogP contribution in [0.5, 0.6) is 0 Å². The number of halogens is 1. The summed E-state index contributed by atoms with van der Waals surface area (Å²) in [4.78, 5) is 36.6. The summed E-state index contributed by atoms with van der Waals surface area (Å²) in [5, 5.41) is 2.53. The number of ketones is 1. The zero-order valence-corrected chi connectivity index (χ0v) is 14.2. The molecule has 0 aromatic heterocycles. The van der Waals surface area contributed by atoms with Gasteiger partial charge in [-0.25, -0.2) is 4.39 Å². The first-order valence-corrected chi connectivity index (χ1v) is 8.74. The van der Waals surface area contributed by atoms with Gasteiger partial charge in [0.25, 0.3) is 5.91 Å². The Morgan fingerprint density at radius 1 is 1.24 bits per heavy atom. The molecule has 5 nitrogen and oxygen atoms in total. The van der Waals surface area contributed by atoms with Gasteiger partial charge in [-0.05, 0) is 50.8 Å². The predicted octanol–water partition coefficient (Wildman–Crippen LogP) is 3.09. The van der Waals surface area contributed by atoms with Crippen molar-refractivity contribution in [3.63, 3.8) is 0 Å². The fourth-order valence-corrected chi connectivity index (χ4v) is 3.81. The molecule has 25 heavy (non-hydrogen) atoms. The number of ether oxygens (including phenoxy) is 1. The Bertz CT molecular complexity index is 674. The van der Waals surface area contributed by atoms with Gasteiger partial charge in [0.05, 0.1) is 5.92 Å². The Kier molecular flexibility index (Phi) is 5.16. The van der Waals surface area contributed by atoms with Crippen LogP contribution >= 0.6 is 0 Å². The van der Waals surface area contributed by atoms with Crippen molar-refractivity contribution in [2.45, 2.75) is 45.1 Å². The van der Waals surface area contributed by atoms with Gasteiger partial charge in [0.15, 0.2) is 6.10 Å². The number of amides is 1. The van der Waals surface area contributed by atoms with Gasteiger partial charge in [-0.1, -0.05) is 12.5 Å². The summed E-state index contributed by atoms with van der Waals surface area (Å²) in [6.45, 7) is 1.49. The van der Waals surface area contributed by atoms with Crippen LogP contribution in [0.3, 0.4) is 0 Å². The van der Waals surface area contributed by atoms with Crippen molar-refractivity contribution < 1.29 is 23.5 Å². The van der Waals surface area contributed by atoms with Crippen LogP contribution in [0.1, 0.15) is 39.0 Å². The number of anilines is 1. The van der Waals surface area contributed by atoms with Crippen LogP contribution in [0.15, 0.2) is 24.3 Å². The maximum Gasteiger partial charge on any atom is 0.309 e. The standard InChI is InChI=1S/C19H22FNO4/c1-11(18(23)21-16-7-3-6-15(20)10-16)25-19(24)14-8-12-4-2-5-13(9-14)17(12)22/h3,6-7,10-14H,2,4-5,8-9H2,1H3,(H,21,23)/t11-,12-,13+,14?/m0/s1. The van der Waals surface area contributed by atoms with Crippen LogP contribution < -0.4 is 5.32 Å². The molecule has 1 amide bonds. The molecule has 0 aliphatic heterocycles. The quantitative estimate of drug-likeness (QED) is 0.850. The van der Waals surface area contributed by atoms with Crippen LogP contribution in [0.2, 0.25) is 0 Å². The molecule has 4 atom stereocenters. The minimum atomic E-state index is -0.978. The largest absolute Gasteiger partial charge is 0.452 e. The molecule has 2 saturated carbocycles. The molecule has 1 N–H and O–H groups in total. The smallest absolute Gasteiger partial charge is 0.309 e. The normalized spacial score (nSPS) is 26.6. The lowest BCUT2D eigenvalue weighted by Gasteiger charge is -2.36. The van der Waals surface area contributed by atoms with E-state index in [0.717, 1.165) is 19.3 Å². The first-order chi connectivity index (χ1) is 11.9. The Hall–Kier alpha value is -2.24. The molecule has 0 heterocycles. The third-order valence-corrected chi connectivity index (χ3v) is 5.14. The highest BCUT2D eigenvalue weighted by molar-refractivity contribution is 5.95. The lowest BCUT2D eigenvalue weighted by molar-refractivity contribution is -0.161. The van der Waals surface area contributed by atoms with Gasteiger partial charge in [-0.15, -0.1) is 0 Å². The number of hydrogen-bond donors (Lipinski definition) is 1. The fourth-order valence-electron chi connectivity index (χ4n) is 3.81. The number of carbonyl (C=O) groups excluding carboxylic acids is 3. The van der Waals surface area contributed by atoms with Crippen LogP contribution in [0.25, 0.3) is 0 Å². The van der Waals surface area contributed by atoms with Crippen LogP contribution in [0.4, 0.5) is 10.1 Å². The third-order valence-electron chi connectivity index (χ3n) is 5.14. The molecule has 2 aliphatic rings. The van der Waals surface area contributed by atoms with Crippen molar-refractivity contribution in [1.29, 1.82) is 0 Å². The maximum atomic E-state index is 13.2. The number of esters is 1. The fraction of sp³-hybridized carbons (Fsp3) is 0.526.